The van der Waals surface area contributed by atoms with E-state index in [9.17, 15) is 0 Å². The lowest BCUT2D eigenvalue weighted by Gasteiger charge is -2.31. The zero-order chi connectivity index (χ0) is 15.0. The van der Waals surface area contributed by atoms with Gasteiger partial charge in [-0.05, 0) is 57.6 Å². The lowest BCUT2D eigenvalue weighted by Crippen LogP contribution is -2.22. The lowest BCUT2D eigenvalue weighted by molar-refractivity contribution is 0.381. The number of hydrogen-bond acceptors (Lipinski definition) is 0. The minimum atomic E-state index is 0.643. The van der Waals surface area contributed by atoms with E-state index in [4.69, 9.17) is 0 Å². The van der Waals surface area contributed by atoms with E-state index < -0.39 is 0 Å². The Morgan fingerprint density at radius 2 is 1.15 bits per heavy atom. The van der Waals surface area contributed by atoms with Crippen LogP contribution in [0.3, 0.4) is 0 Å². The Kier molecular flexibility index (Phi) is 4.42. The van der Waals surface area contributed by atoms with Crippen molar-refractivity contribution in [2.45, 2.75) is 61.3 Å². The SMILES string of the molecule is CCC1=C(C)C(C(C)C2C(C)=CC(CC)=C2C)C(C)=C1. The van der Waals surface area contributed by atoms with Gasteiger partial charge in [0, 0.05) is 11.8 Å². The molecule has 0 bridgehead atoms. The van der Waals surface area contributed by atoms with Gasteiger partial charge >= 0.3 is 0 Å². The molecular formula is C20H30. The molecule has 0 aromatic heterocycles. The van der Waals surface area contributed by atoms with Gasteiger partial charge in [-0.3, -0.25) is 0 Å². The third-order valence-corrected chi connectivity index (χ3v) is 5.54. The summed E-state index contributed by atoms with van der Waals surface area (Å²) in [7, 11) is 0. The topological polar surface area (TPSA) is 0 Å². The highest BCUT2D eigenvalue weighted by atomic mass is 14.4. The molecule has 2 unspecified atom stereocenters. The molecule has 0 spiro atoms. The normalized spacial score (nSPS) is 28.1. The molecule has 0 aromatic rings. The van der Waals surface area contributed by atoms with E-state index >= 15 is 0 Å². The third-order valence-electron chi connectivity index (χ3n) is 5.54. The highest BCUT2D eigenvalue weighted by molar-refractivity contribution is 5.45. The predicted octanol–water partition coefficient (Wildman–Crippen LogP) is 6.23. The zero-order valence-electron chi connectivity index (χ0n) is 14.3. The Labute approximate surface area is 125 Å². The quantitative estimate of drug-likeness (QED) is 0.568. The Morgan fingerprint density at radius 1 is 0.800 bits per heavy atom. The van der Waals surface area contributed by atoms with Crippen LogP contribution in [0.1, 0.15) is 61.3 Å². The minimum absolute atomic E-state index is 0.643. The second kappa shape index (κ2) is 5.76. The van der Waals surface area contributed by atoms with Crippen LogP contribution in [0.2, 0.25) is 0 Å². The van der Waals surface area contributed by atoms with Crippen molar-refractivity contribution >= 4 is 0 Å². The number of rotatable bonds is 4. The molecule has 0 heteroatoms. The average molecular weight is 270 g/mol. The van der Waals surface area contributed by atoms with Crippen LogP contribution in [0, 0.1) is 17.8 Å². The maximum absolute atomic E-state index is 2.45. The minimum Gasteiger partial charge on any atom is -0.0656 e. The van der Waals surface area contributed by atoms with Gasteiger partial charge in [0.2, 0.25) is 0 Å². The fraction of sp³-hybridized carbons (Fsp3) is 0.600. The van der Waals surface area contributed by atoms with E-state index in [0.29, 0.717) is 17.8 Å². The molecule has 0 saturated heterocycles. The average Bonchev–Trinajstić information content (AvgIpc) is 2.85. The first-order chi connectivity index (χ1) is 9.42. The molecular weight excluding hydrogens is 240 g/mol. The molecule has 0 fully saturated rings. The largest absolute Gasteiger partial charge is 0.0656 e. The molecule has 0 amide bonds. The van der Waals surface area contributed by atoms with Crippen molar-refractivity contribution in [2.75, 3.05) is 0 Å². The van der Waals surface area contributed by atoms with Gasteiger partial charge in [-0.1, -0.05) is 55.2 Å². The van der Waals surface area contributed by atoms with E-state index in [1.54, 1.807) is 33.4 Å². The molecule has 2 aliphatic rings. The third kappa shape index (κ3) is 2.34. The first-order valence-corrected chi connectivity index (χ1v) is 8.17. The molecule has 2 rings (SSSR count). The van der Waals surface area contributed by atoms with Crippen molar-refractivity contribution < 1.29 is 0 Å². The molecule has 0 N–H and O–H groups in total. The Hall–Kier alpha value is -1.04. The van der Waals surface area contributed by atoms with Gasteiger partial charge in [-0.25, -0.2) is 0 Å². The monoisotopic (exact) mass is 270 g/mol. The van der Waals surface area contributed by atoms with Gasteiger partial charge in [0.25, 0.3) is 0 Å². The van der Waals surface area contributed by atoms with E-state index in [0.717, 1.165) is 0 Å². The fourth-order valence-electron chi connectivity index (χ4n) is 4.61. The van der Waals surface area contributed by atoms with Crippen LogP contribution in [0.25, 0.3) is 0 Å². The summed E-state index contributed by atoms with van der Waals surface area (Å²) in [4.78, 5) is 0. The van der Waals surface area contributed by atoms with Gasteiger partial charge in [0.05, 0.1) is 0 Å². The summed E-state index contributed by atoms with van der Waals surface area (Å²) in [5.74, 6) is 1.96. The van der Waals surface area contributed by atoms with Gasteiger partial charge in [-0.2, -0.15) is 0 Å². The van der Waals surface area contributed by atoms with Crippen molar-refractivity contribution in [3.05, 3.63) is 45.6 Å². The highest BCUT2D eigenvalue weighted by Crippen LogP contribution is 2.47. The highest BCUT2D eigenvalue weighted by Gasteiger charge is 2.35. The summed E-state index contributed by atoms with van der Waals surface area (Å²) in [6, 6.07) is 0. The molecule has 0 saturated carbocycles. The molecule has 2 aliphatic carbocycles. The molecule has 20 heavy (non-hydrogen) atoms. The second-order valence-corrected chi connectivity index (χ2v) is 6.71. The molecule has 110 valence electrons. The van der Waals surface area contributed by atoms with Crippen molar-refractivity contribution in [3.63, 3.8) is 0 Å². The van der Waals surface area contributed by atoms with Gasteiger partial charge < -0.3 is 0 Å². The van der Waals surface area contributed by atoms with Crippen molar-refractivity contribution in [2.24, 2.45) is 17.8 Å². The first kappa shape index (κ1) is 15.4. The van der Waals surface area contributed by atoms with Crippen LogP contribution in [-0.2, 0) is 0 Å². The van der Waals surface area contributed by atoms with Crippen LogP contribution in [0.4, 0.5) is 0 Å². The maximum Gasteiger partial charge on any atom is 0.00449 e. The summed E-state index contributed by atoms with van der Waals surface area (Å²) in [5.41, 5.74) is 9.49. The summed E-state index contributed by atoms with van der Waals surface area (Å²) < 4.78 is 0. The smallest absolute Gasteiger partial charge is 0.00449 e. The number of hydrogen-bond donors (Lipinski definition) is 0. The Morgan fingerprint density at radius 3 is 1.40 bits per heavy atom. The molecule has 2 atom stereocenters. The van der Waals surface area contributed by atoms with Crippen molar-refractivity contribution in [1.82, 2.24) is 0 Å². The second-order valence-electron chi connectivity index (χ2n) is 6.71. The maximum atomic E-state index is 2.45. The Bertz CT molecular complexity index is 474. The summed E-state index contributed by atoms with van der Waals surface area (Å²) in [5, 5.41) is 0. The molecule has 0 radical (unpaired) electrons. The molecule has 0 aliphatic heterocycles. The Balaban J connectivity index is 2.32. The fourth-order valence-corrected chi connectivity index (χ4v) is 4.61. The van der Waals surface area contributed by atoms with Crippen LogP contribution >= 0.6 is 0 Å². The van der Waals surface area contributed by atoms with Crippen molar-refractivity contribution in [3.8, 4) is 0 Å². The summed E-state index contributed by atoms with van der Waals surface area (Å²) >= 11 is 0. The van der Waals surface area contributed by atoms with Crippen molar-refractivity contribution in [1.29, 1.82) is 0 Å². The molecule has 0 heterocycles. The molecule has 0 aromatic carbocycles. The van der Waals surface area contributed by atoms with E-state index in [-0.39, 0.29) is 0 Å². The number of allylic oxidation sites excluding steroid dienone is 8. The summed E-state index contributed by atoms with van der Waals surface area (Å²) in [6.45, 7) is 16.3. The van der Waals surface area contributed by atoms with Gasteiger partial charge in [0.1, 0.15) is 0 Å². The van der Waals surface area contributed by atoms with E-state index in [1.807, 2.05) is 0 Å². The van der Waals surface area contributed by atoms with Crippen LogP contribution < -0.4 is 0 Å². The lowest BCUT2D eigenvalue weighted by atomic mass is 9.73. The zero-order valence-corrected chi connectivity index (χ0v) is 14.3. The van der Waals surface area contributed by atoms with Gasteiger partial charge in [0.15, 0.2) is 0 Å². The first-order valence-electron chi connectivity index (χ1n) is 8.17. The predicted molar refractivity (Wildman–Crippen MR) is 89.6 cm³/mol. The van der Waals surface area contributed by atoms with Crippen LogP contribution in [-0.4, -0.2) is 0 Å². The van der Waals surface area contributed by atoms with Gasteiger partial charge in [-0.15, -0.1) is 0 Å². The van der Waals surface area contributed by atoms with E-state index in [2.05, 4.69) is 60.6 Å². The molecule has 0 nitrogen and oxygen atoms in total. The van der Waals surface area contributed by atoms with E-state index in [1.165, 1.54) is 12.8 Å². The summed E-state index contributed by atoms with van der Waals surface area (Å²) in [6.07, 6.45) is 7.20. The standard InChI is InChI=1S/C20H30/c1-8-17-10-12(3)19(14(17)5)16(7)20-13(4)11-18(9-2)15(20)6/h10-11,16,19-20H,8-9H2,1-7H3. The van der Waals surface area contributed by atoms with Crippen LogP contribution in [0.15, 0.2) is 45.6 Å². The van der Waals surface area contributed by atoms with Crippen LogP contribution in [0.5, 0.6) is 0 Å².